The normalized spacial score (nSPS) is 12.2. The minimum absolute atomic E-state index is 0.178. The van der Waals surface area contributed by atoms with E-state index in [2.05, 4.69) is 6.07 Å². The molecule has 2 aromatic carbocycles. The van der Waals surface area contributed by atoms with Crippen LogP contribution in [0.5, 0.6) is 17.2 Å². The van der Waals surface area contributed by atoms with Crippen molar-refractivity contribution >= 4 is 10.9 Å². The van der Waals surface area contributed by atoms with Crippen LogP contribution >= 0.6 is 0 Å². The number of benzene rings is 2. The lowest BCUT2D eigenvalue weighted by Gasteiger charge is -2.13. The predicted molar refractivity (Wildman–Crippen MR) is 89.3 cm³/mol. The lowest BCUT2D eigenvalue weighted by atomic mass is 9.97. The molecule has 2 heterocycles. The fourth-order valence-corrected chi connectivity index (χ4v) is 2.99. The van der Waals surface area contributed by atoms with Crippen LogP contribution in [0.25, 0.3) is 22.2 Å². The van der Waals surface area contributed by atoms with Gasteiger partial charge in [-0.2, -0.15) is 5.26 Å². The number of ether oxygens (including phenoxy) is 3. The Kier molecular flexibility index (Phi) is 3.24. The molecule has 0 amide bonds. The molecule has 0 saturated heterocycles. The van der Waals surface area contributed by atoms with Gasteiger partial charge in [-0.3, -0.25) is 0 Å². The maximum Gasteiger partial charge on any atom is 0.231 e. The molecule has 1 aliphatic rings. The summed E-state index contributed by atoms with van der Waals surface area (Å²) in [6.07, 6.45) is 0. The van der Waals surface area contributed by atoms with Gasteiger partial charge in [-0.05, 0) is 24.6 Å². The molecule has 5 heteroatoms. The molecule has 3 aromatic rings. The summed E-state index contributed by atoms with van der Waals surface area (Å²) in [7, 11) is 1.58. The smallest absolute Gasteiger partial charge is 0.231 e. The van der Waals surface area contributed by atoms with Crippen molar-refractivity contribution in [2.45, 2.75) is 6.92 Å². The van der Waals surface area contributed by atoms with Crippen LogP contribution in [0.3, 0.4) is 0 Å². The van der Waals surface area contributed by atoms with Gasteiger partial charge in [-0.1, -0.05) is 18.2 Å². The molecule has 0 unspecified atom stereocenters. The van der Waals surface area contributed by atoms with Crippen LogP contribution in [0.1, 0.15) is 11.1 Å². The quantitative estimate of drug-likeness (QED) is 0.718. The van der Waals surface area contributed by atoms with Crippen molar-refractivity contribution in [3.8, 4) is 34.6 Å². The van der Waals surface area contributed by atoms with Crippen molar-refractivity contribution < 1.29 is 14.2 Å². The molecular formula is C19H14N2O3. The highest BCUT2D eigenvalue weighted by Crippen LogP contribution is 2.43. The van der Waals surface area contributed by atoms with Crippen LogP contribution in [0.15, 0.2) is 36.4 Å². The molecule has 0 spiro atoms. The topological polar surface area (TPSA) is 64.4 Å². The van der Waals surface area contributed by atoms with Crippen molar-refractivity contribution in [1.82, 2.24) is 4.98 Å². The Bertz CT molecular complexity index is 1010. The lowest BCUT2D eigenvalue weighted by Crippen LogP contribution is -1.98. The molecule has 0 N–H and O–H groups in total. The monoisotopic (exact) mass is 318 g/mol. The maximum atomic E-state index is 9.69. The number of nitriles is 1. The SMILES string of the molecule is COc1cc2c(cc1-c1nc3ccccc3c(C)c1C#N)OCO2. The van der Waals surface area contributed by atoms with E-state index in [1.54, 1.807) is 13.2 Å². The number of fused-ring (bicyclic) bond motifs is 2. The molecule has 5 nitrogen and oxygen atoms in total. The number of hydrogen-bond donors (Lipinski definition) is 0. The van der Waals surface area contributed by atoms with E-state index >= 15 is 0 Å². The highest BCUT2D eigenvalue weighted by Gasteiger charge is 2.22. The van der Waals surface area contributed by atoms with E-state index in [1.807, 2.05) is 37.3 Å². The summed E-state index contributed by atoms with van der Waals surface area (Å²) >= 11 is 0. The Labute approximate surface area is 139 Å². The Balaban J connectivity index is 2.05. The second-order valence-electron chi connectivity index (χ2n) is 5.50. The molecule has 1 aromatic heterocycles. The first-order valence-electron chi connectivity index (χ1n) is 7.50. The summed E-state index contributed by atoms with van der Waals surface area (Å²) in [5, 5.41) is 10.7. The van der Waals surface area contributed by atoms with Gasteiger partial charge in [0.05, 0.1) is 23.9 Å². The van der Waals surface area contributed by atoms with Gasteiger partial charge in [0.1, 0.15) is 11.8 Å². The number of aromatic nitrogens is 1. The van der Waals surface area contributed by atoms with E-state index in [0.29, 0.717) is 34.1 Å². The zero-order chi connectivity index (χ0) is 16.7. The number of para-hydroxylation sites is 1. The molecule has 0 radical (unpaired) electrons. The number of rotatable bonds is 2. The van der Waals surface area contributed by atoms with Crippen LogP contribution in [0.4, 0.5) is 0 Å². The molecule has 4 rings (SSSR count). The average molecular weight is 318 g/mol. The van der Waals surface area contributed by atoms with E-state index in [-0.39, 0.29) is 6.79 Å². The summed E-state index contributed by atoms with van der Waals surface area (Å²) in [4.78, 5) is 4.71. The summed E-state index contributed by atoms with van der Waals surface area (Å²) < 4.78 is 16.3. The largest absolute Gasteiger partial charge is 0.496 e. The highest BCUT2D eigenvalue weighted by atomic mass is 16.7. The van der Waals surface area contributed by atoms with Gasteiger partial charge in [0, 0.05) is 17.0 Å². The first kappa shape index (κ1) is 14.3. The van der Waals surface area contributed by atoms with Crippen molar-refractivity contribution in [3.63, 3.8) is 0 Å². The third-order valence-corrected chi connectivity index (χ3v) is 4.21. The molecule has 0 fully saturated rings. The lowest BCUT2D eigenvalue weighted by molar-refractivity contribution is 0.174. The molecule has 24 heavy (non-hydrogen) atoms. The van der Waals surface area contributed by atoms with Crippen molar-refractivity contribution in [2.24, 2.45) is 0 Å². The minimum atomic E-state index is 0.178. The van der Waals surface area contributed by atoms with E-state index < -0.39 is 0 Å². The fraction of sp³-hybridized carbons (Fsp3) is 0.158. The van der Waals surface area contributed by atoms with Gasteiger partial charge in [0.15, 0.2) is 11.5 Å². The summed E-state index contributed by atoms with van der Waals surface area (Å²) in [6, 6.07) is 13.7. The Morgan fingerprint density at radius 2 is 1.92 bits per heavy atom. The third-order valence-electron chi connectivity index (χ3n) is 4.21. The predicted octanol–water partition coefficient (Wildman–Crippen LogP) is 3.82. The zero-order valence-electron chi connectivity index (χ0n) is 13.3. The number of hydrogen-bond acceptors (Lipinski definition) is 5. The van der Waals surface area contributed by atoms with Crippen LogP contribution < -0.4 is 14.2 Å². The Morgan fingerprint density at radius 1 is 1.17 bits per heavy atom. The molecule has 0 saturated carbocycles. The van der Waals surface area contributed by atoms with Crippen molar-refractivity contribution in [3.05, 3.63) is 47.5 Å². The van der Waals surface area contributed by atoms with Crippen LogP contribution in [-0.4, -0.2) is 18.9 Å². The molecule has 0 aliphatic carbocycles. The first-order chi connectivity index (χ1) is 11.7. The van der Waals surface area contributed by atoms with Gasteiger partial charge < -0.3 is 14.2 Å². The molecule has 0 bridgehead atoms. The van der Waals surface area contributed by atoms with Crippen LogP contribution in [0.2, 0.25) is 0 Å². The number of nitrogens with zero attached hydrogens (tertiary/aromatic N) is 2. The van der Waals surface area contributed by atoms with E-state index in [9.17, 15) is 5.26 Å². The Morgan fingerprint density at radius 3 is 2.67 bits per heavy atom. The van der Waals surface area contributed by atoms with Crippen molar-refractivity contribution in [1.29, 1.82) is 5.26 Å². The number of methoxy groups -OCH3 is 1. The fourth-order valence-electron chi connectivity index (χ4n) is 2.99. The second-order valence-corrected chi connectivity index (χ2v) is 5.50. The summed E-state index contributed by atoms with van der Waals surface area (Å²) in [5.41, 5.74) is 3.57. The molecular weight excluding hydrogens is 304 g/mol. The van der Waals surface area contributed by atoms with Gasteiger partial charge in [-0.25, -0.2) is 4.98 Å². The average Bonchev–Trinajstić information content (AvgIpc) is 3.08. The van der Waals surface area contributed by atoms with Gasteiger partial charge in [-0.15, -0.1) is 0 Å². The highest BCUT2D eigenvalue weighted by molar-refractivity contribution is 5.90. The van der Waals surface area contributed by atoms with E-state index in [0.717, 1.165) is 16.5 Å². The molecule has 118 valence electrons. The second kappa shape index (κ2) is 5.43. The zero-order valence-corrected chi connectivity index (χ0v) is 13.3. The summed E-state index contributed by atoms with van der Waals surface area (Å²) in [5.74, 6) is 1.85. The standard InChI is InChI=1S/C19H14N2O3/c1-11-12-5-3-4-6-15(12)21-19(14(11)9-20)13-7-17-18(24-10-23-17)8-16(13)22-2/h3-8H,10H2,1-2H3. The van der Waals surface area contributed by atoms with E-state index in [4.69, 9.17) is 19.2 Å². The molecule has 0 atom stereocenters. The minimum Gasteiger partial charge on any atom is -0.496 e. The third kappa shape index (κ3) is 2.04. The molecule has 1 aliphatic heterocycles. The summed E-state index contributed by atoms with van der Waals surface area (Å²) in [6.45, 7) is 2.11. The van der Waals surface area contributed by atoms with Gasteiger partial charge in [0.2, 0.25) is 6.79 Å². The maximum absolute atomic E-state index is 9.69. The number of pyridine rings is 1. The first-order valence-corrected chi connectivity index (χ1v) is 7.50. The number of aryl methyl sites for hydroxylation is 1. The van der Waals surface area contributed by atoms with E-state index in [1.165, 1.54) is 0 Å². The van der Waals surface area contributed by atoms with Gasteiger partial charge >= 0.3 is 0 Å². The van der Waals surface area contributed by atoms with Gasteiger partial charge in [0.25, 0.3) is 0 Å². The van der Waals surface area contributed by atoms with Crippen LogP contribution in [-0.2, 0) is 0 Å². The Hall–Kier alpha value is -3.26. The van der Waals surface area contributed by atoms with Crippen molar-refractivity contribution in [2.75, 3.05) is 13.9 Å². The van der Waals surface area contributed by atoms with Crippen LogP contribution in [0, 0.1) is 18.3 Å².